The zero-order valence-electron chi connectivity index (χ0n) is 13.5. The van der Waals surface area contributed by atoms with Gasteiger partial charge < -0.3 is 10.2 Å². The van der Waals surface area contributed by atoms with Crippen LogP contribution in [0.2, 0.25) is 0 Å². The number of nitrogens with one attached hydrogen (secondary N) is 1. The molecule has 1 aliphatic carbocycles. The van der Waals surface area contributed by atoms with Crippen LogP contribution in [-0.2, 0) is 4.79 Å². The first-order chi connectivity index (χ1) is 9.03. The third-order valence-corrected chi connectivity index (χ3v) is 3.29. The van der Waals surface area contributed by atoms with Crippen molar-refractivity contribution in [2.75, 3.05) is 19.6 Å². The molecular formula is C16H32N2O. The van der Waals surface area contributed by atoms with E-state index >= 15 is 0 Å². The van der Waals surface area contributed by atoms with E-state index in [1.807, 2.05) is 25.7 Å². The molecule has 2 aliphatic rings. The summed E-state index contributed by atoms with van der Waals surface area (Å²) in [6.45, 7) is 16.2. The number of amides is 1. The highest BCUT2D eigenvalue weighted by Gasteiger charge is 2.48. The van der Waals surface area contributed by atoms with Crippen molar-refractivity contribution in [1.82, 2.24) is 10.2 Å². The fraction of sp³-hybridized carbons (Fsp3) is 0.812. The molecule has 1 saturated carbocycles. The van der Waals surface area contributed by atoms with Gasteiger partial charge in [0.25, 0.3) is 0 Å². The monoisotopic (exact) mass is 268 g/mol. The lowest BCUT2D eigenvalue weighted by Crippen LogP contribution is -2.36. The summed E-state index contributed by atoms with van der Waals surface area (Å²) in [6, 6.07) is 0. The molecule has 0 unspecified atom stereocenters. The van der Waals surface area contributed by atoms with Crippen LogP contribution >= 0.6 is 0 Å². The minimum atomic E-state index is 0.219. The summed E-state index contributed by atoms with van der Waals surface area (Å²) in [5.41, 5.74) is 1.40. The fourth-order valence-corrected chi connectivity index (χ4v) is 2.07. The Morgan fingerprint density at radius 1 is 1.26 bits per heavy atom. The van der Waals surface area contributed by atoms with Gasteiger partial charge in [-0.05, 0) is 31.6 Å². The first kappa shape index (κ1) is 18.0. The molecule has 1 aliphatic heterocycles. The van der Waals surface area contributed by atoms with Crippen LogP contribution < -0.4 is 5.32 Å². The predicted molar refractivity (Wildman–Crippen MR) is 83.0 cm³/mol. The fourth-order valence-electron chi connectivity index (χ4n) is 2.07. The molecule has 1 spiro atoms. The van der Waals surface area contributed by atoms with Crippen molar-refractivity contribution in [3.05, 3.63) is 12.3 Å². The Kier molecular flexibility index (Phi) is 8.53. The lowest BCUT2D eigenvalue weighted by Gasteiger charge is -2.16. The van der Waals surface area contributed by atoms with Gasteiger partial charge in [0.05, 0.1) is 6.54 Å². The molecule has 1 heterocycles. The number of carbonyl (C=O) groups is 1. The van der Waals surface area contributed by atoms with Crippen molar-refractivity contribution >= 4 is 5.91 Å². The van der Waals surface area contributed by atoms with E-state index in [1.54, 1.807) is 0 Å². The van der Waals surface area contributed by atoms with Crippen LogP contribution in [0.5, 0.6) is 0 Å². The smallest absolute Gasteiger partial charge is 0.241 e. The maximum atomic E-state index is 11.7. The van der Waals surface area contributed by atoms with Gasteiger partial charge in [-0.25, -0.2) is 0 Å². The minimum absolute atomic E-state index is 0.219. The van der Waals surface area contributed by atoms with Crippen LogP contribution in [0, 0.1) is 5.41 Å². The van der Waals surface area contributed by atoms with E-state index in [0.717, 1.165) is 18.8 Å². The zero-order chi connectivity index (χ0) is 14.9. The number of allylic oxidation sites excluding steroid dienone is 1. The van der Waals surface area contributed by atoms with Crippen molar-refractivity contribution in [3.8, 4) is 0 Å². The summed E-state index contributed by atoms with van der Waals surface area (Å²) in [7, 11) is 0. The van der Waals surface area contributed by atoms with Gasteiger partial charge in [0.15, 0.2) is 0 Å². The van der Waals surface area contributed by atoms with E-state index in [1.165, 1.54) is 25.7 Å². The van der Waals surface area contributed by atoms with E-state index in [4.69, 9.17) is 0 Å². The molecule has 0 aromatic rings. The van der Waals surface area contributed by atoms with Gasteiger partial charge in [0.2, 0.25) is 5.91 Å². The minimum Gasteiger partial charge on any atom is -0.380 e. The van der Waals surface area contributed by atoms with Crippen LogP contribution in [0.3, 0.4) is 0 Å². The molecule has 0 aromatic heterocycles. The van der Waals surface area contributed by atoms with Crippen LogP contribution in [0.1, 0.15) is 60.3 Å². The summed E-state index contributed by atoms with van der Waals surface area (Å²) in [5, 5.41) is 2.98. The molecule has 0 aromatic carbocycles. The van der Waals surface area contributed by atoms with Gasteiger partial charge in [-0.3, -0.25) is 4.79 Å². The topological polar surface area (TPSA) is 32.3 Å². The average Bonchev–Trinajstić information content (AvgIpc) is 3.00. The highest BCUT2D eigenvalue weighted by atomic mass is 16.2. The molecule has 2 fully saturated rings. The molecule has 1 N–H and O–H groups in total. The van der Waals surface area contributed by atoms with Gasteiger partial charge in [-0.1, -0.05) is 40.7 Å². The van der Waals surface area contributed by atoms with Gasteiger partial charge >= 0.3 is 0 Å². The number of carbonyl (C=O) groups excluding carboxylic acids is 1. The third kappa shape index (κ3) is 6.65. The quantitative estimate of drug-likeness (QED) is 0.848. The maximum absolute atomic E-state index is 11.7. The summed E-state index contributed by atoms with van der Waals surface area (Å²) in [4.78, 5) is 13.7. The van der Waals surface area contributed by atoms with E-state index < -0.39 is 0 Å². The molecule has 112 valence electrons. The lowest BCUT2D eigenvalue weighted by atomic mass is 10.1. The van der Waals surface area contributed by atoms with Crippen LogP contribution in [0.25, 0.3) is 0 Å². The molecule has 0 bridgehead atoms. The van der Waals surface area contributed by atoms with Gasteiger partial charge in [0.1, 0.15) is 0 Å². The Bertz CT molecular complexity index is 282. The van der Waals surface area contributed by atoms with E-state index in [-0.39, 0.29) is 5.91 Å². The second kappa shape index (κ2) is 9.00. The first-order valence-corrected chi connectivity index (χ1v) is 7.70. The molecule has 1 amide bonds. The average molecular weight is 268 g/mol. The van der Waals surface area contributed by atoms with Crippen molar-refractivity contribution in [3.63, 3.8) is 0 Å². The number of nitrogens with zero attached hydrogens (tertiary/aromatic N) is 1. The Hall–Kier alpha value is -0.990. The van der Waals surface area contributed by atoms with Gasteiger partial charge in [-0.2, -0.15) is 0 Å². The normalized spacial score (nSPS) is 17.8. The van der Waals surface area contributed by atoms with Crippen molar-refractivity contribution < 1.29 is 4.79 Å². The molecule has 0 radical (unpaired) electrons. The predicted octanol–water partition coefficient (Wildman–Crippen LogP) is 3.56. The Balaban J connectivity index is 0.000000573. The molecule has 3 heteroatoms. The molecule has 3 nitrogen and oxygen atoms in total. The maximum Gasteiger partial charge on any atom is 0.241 e. The number of hydrogen-bond donors (Lipinski definition) is 1. The van der Waals surface area contributed by atoms with Crippen LogP contribution in [0.4, 0.5) is 0 Å². The SMILES string of the molecule is C=C(C)NCC(=O)N1CCC2(CC2)C1.CC.CCC. The largest absolute Gasteiger partial charge is 0.380 e. The third-order valence-electron chi connectivity index (χ3n) is 3.29. The number of likely N-dealkylation sites (tertiary alicyclic amines) is 1. The van der Waals surface area contributed by atoms with Crippen molar-refractivity contribution in [2.24, 2.45) is 5.41 Å². The van der Waals surface area contributed by atoms with Crippen molar-refractivity contribution in [1.29, 1.82) is 0 Å². The first-order valence-electron chi connectivity index (χ1n) is 7.70. The molecule has 0 atom stereocenters. The van der Waals surface area contributed by atoms with E-state index in [2.05, 4.69) is 25.7 Å². The standard InChI is InChI=1S/C11H18N2O.C3H8.C2H6/c1-9(2)12-7-10(14)13-6-5-11(8-13)3-4-11;1-3-2;1-2/h12H,1,3-8H2,2H3;3H2,1-2H3;1-2H3. The van der Waals surface area contributed by atoms with Gasteiger partial charge in [-0.15, -0.1) is 0 Å². The Morgan fingerprint density at radius 2 is 1.79 bits per heavy atom. The Morgan fingerprint density at radius 3 is 2.16 bits per heavy atom. The van der Waals surface area contributed by atoms with Gasteiger partial charge in [0, 0.05) is 18.8 Å². The molecule has 2 rings (SSSR count). The van der Waals surface area contributed by atoms with Crippen molar-refractivity contribution in [2.45, 2.75) is 60.3 Å². The molecule has 19 heavy (non-hydrogen) atoms. The highest BCUT2D eigenvalue weighted by Crippen LogP contribution is 2.52. The summed E-state index contributed by atoms with van der Waals surface area (Å²) < 4.78 is 0. The van der Waals surface area contributed by atoms with E-state index in [0.29, 0.717) is 12.0 Å². The van der Waals surface area contributed by atoms with Crippen LogP contribution in [-0.4, -0.2) is 30.4 Å². The summed E-state index contributed by atoms with van der Waals surface area (Å²) in [5.74, 6) is 0.219. The lowest BCUT2D eigenvalue weighted by molar-refractivity contribution is -0.129. The second-order valence-electron chi connectivity index (χ2n) is 5.41. The number of rotatable bonds is 3. The number of hydrogen-bond acceptors (Lipinski definition) is 2. The Labute approximate surface area is 119 Å². The van der Waals surface area contributed by atoms with E-state index in [9.17, 15) is 4.79 Å². The molecular weight excluding hydrogens is 236 g/mol. The second-order valence-corrected chi connectivity index (χ2v) is 5.41. The molecule has 1 saturated heterocycles. The zero-order valence-corrected chi connectivity index (χ0v) is 13.5. The highest BCUT2D eigenvalue weighted by molar-refractivity contribution is 5.78. The summed E-state index contributed by atoms with van der Waals surface area (Å²) >= 11 is 0. The summed E-state index contributed by atoms with van der Waals surface area (Å²) in [6.07, 6.45) is 5.11. The van der Waals surface area contributed by atoms with Crippen LogP contribution in [0.15, 0.2) is 12.3 Å².